The first-order valence-electron chi connectivity index (χ1n) is 9.94. The Kier molecular flexibility index (Phi) is 5.44. The van der Waals surface area contributed by atoms with Gasteiger partial charge in [0.25, 0.3) is 5.91 Å². The Morgan fingerprint density at radius 1 is 0.964 bits per heavy atom. The highest BCUT2D eigenvalue weighted by Crippen LogP contribution is 2.30. The zero-order valence-corrected chi connectivity index (χ0v) is 16.2. The van der Waals surface area contributed by atoms with Gasteiger partial charge in [-0.2, -0.15) is 0 Å². The fourth-order valence-electron chi connectivity index (χ4n) is 4.32. The van der Waals surface area contributed by atoms with E-state index in [1.807, 2.05) is 6.07 Å². The lowest BCUT2D eigenvalue weighted by Crippen LogP contribution is -2.46. The second-order valence-electron chi connectivity index (χ2n) is 7.65. The molecule has 1 atom stereocenters. The van der Waals surface area contributed by atoms with Gasteiger partial charge < -0.3 is 4.74 Å². The van der Waals surface area contributed by atoms with Crippen LogP contribution in [0.4, 0.5) is 5.69 Å². The van der Waals surface area contributed by atoms with Gasteiger partial charge in [-0.3, -0.25) is 14.5 Å². The van der Waals surface area contributed by atoms with Crippen LogP contribution in [-0.2, 0) is 16.0 Å². The summed E-state index contributed by atoms with van der Waals surface area (Å²) >= 11 is 0. The molecule has 2 aliphatic heterocycles. The molecular formula is C23H26N2O3. The zero-order chi connectivity index (χ0) is 19.5. The minimum atomic E-state index is -0.327. The van der Waals surface area contributed by atoms with Crippen LogP contribution in [0.3, 0.4) is 0 Å². The van der Waals surface area contributed by atoms with Gasteiger partial charge in [-0.15, -0.1) is 0 Å². The van der Waals surface area contributed by atoms with E-state index in [9.17, 15) is 9.59 Å². The molecule has 0 aromatic heterocycles. The van der Waals surface area contributed by atoms with Crippen LogP contribution in [0, 0.1) is 5.92 Å². The number of benzene rings is 2. The SMILES string of the molecule is COc1ccc(N2C(=O)CC(N3CCC(Cc4ccccc4)CC3)C2=O)cc1. The Balaban J connectivity index is 1.37. The van der Waals surface area contributed by atoms with Crippen molar-refractivity contribution >= 4 is 17.5 Å². The van der Waals surface area contributed by atoms with Gasteiger partial charge in [0.1, 0.15) is 5.75 Å². The number of carbonyl (C=O) groups excluding carboxylic acids is 2. The molecule has 2 heterocycles. The van der Waals surface area contributed by atoms with Crippen molar-refractivity contribution in [2.75, 3.05) is 25.1 Å². The number of ether oxygens (including phenoxy) is 1. The average Bonchev–Trinajstić information content (AvgIpc) is 3.03. The summed E-state index contributed by atoms with van der Waals surface area (Å²) in [6.07, 6.45) is 3.49. The Morgan fingerprint density at radius 2 is 1.64 bits per heavy atom. The van der Waals surface area contributed by atoms with Crippen LogP contribution in [-0.4, -0.2) is 43.0 Å². The maximum Gasteiger partial charge on any atom is 0.251 e. The Morgan fingerprint density at radius 3 is 2.29 bits per heavy atom. The van der Waals surface area contributed by atoms with Crippen molar-refractivity contribution in [3.8, 4) is 5.75 Å². The normalized spacial score (nSPS) is 21.3. The molecule has 0 aliphatic carbocycles. The topological polar surface area (TPSA) is 49.9 Å². The number of piperidine rings is 1. The molecule has 2 saturated heterocycles. The van der Waals surface area contributed by atoms with Crippen molar-refractivity contribution in [2.45, 2.75) is 31.7 Å². The molecule has 2 amide bonds. The first-order chi connectivity index (χ1) is 13.7. The number of hydrogen-bond donors (Lipinski definition) is 0. The van der Waals surface area contributed by atoms with Gasteiger partial charge in [0, 0.05) is 0 Å². The number of amides is 2. The van der Waals surface area contributed by atoms with Gasteiger partial charge in [-0.05, 0) is 68.1 Å². The smallest absolute Gasteiger partial charge is 0.251 e. The number of rotatable bonds is 5. The van der Waals surface area contributed by atoms with E-state index < -0.39 is 0 Å². The molecule has 1 unspecified atom stereocenters. The van der Waals surface area contributed by atoms with E-state index in [4.69, 9.17) is 4.74 Å². The maximum absolute atomic E-state index is 13.0. The number of carbonyl (C=O) groups is 2. The molecule has 2 aliphatic rings. The molecule has 2 aromatic rings. The zero-order valence-electron chi connectivity index (χ0n) is 16.2. The molecule has 0 saturated carbocycles. The van der Waals surface area contributed by atoms with Gasteiger partial charge in [-0.1, -0.05) is 30.3 Å². The molecule has 5 nitrogen and oxygen atoms in total. The van der Waals surface area contributed by atoms with Crippen molar-refractivity contribution in [1.29, 1.82) is 0 Å². The molecular weight excluding hydrogens is 352 g/mol. The molecule has 0 N–H and O–H groups in total. The van der Waals surface area contributed by atoms with Crippen LogP contribution >= 0.6 is 0 Å². The van der Waals surface area contributed by atoms with Crippen LogP contribution in [0.2, 0.25) is 0 Å². The van der Waals surface area contributed by atoms with Crippen molar-refractivity contribution in [2.24, 2.45) is 5.92 Å². The molecule has 0 bridgehead atoms. The summed E-state index contributed by atoms with van der Waals surface area (Å²) in [6.45, 7) is 1.75. The summed E-state index contributed by atoms with van der Waals surface area (Å²) in [5, 5.41) is 0. The third-order valence-corrected chi connectivity index (χ3v) is 5.91. The number of nitrogens with zero attached hydrogens (tertiary/aromatic N) is 2. The quantitative estimate of drug-likeness (QED) is 0.750. The van der Waals surface area contributed by atoms with Crippen LogP contribution in [0.1, 0.15) is 24.8 Å². The lowest BCUT2D eigenvalue weighted by Gasteiger charge is -2.34. The van der Waals surface area contributed by atoms with Gasteiger partial charge in [0.15, 0.2) is 0 Å². The first-order valence-corrected chi connectivity index (χ1v) is 9.94. The number of anilines is 1. The van der Waals surface area contributed by atoms with E-state index in [2.05, 4.69) is 29.2 Å². The van der Waals surface area contributed by atoms with Crippen molar-refractivity contribution in [3.63, 3.8) is 0 Å². The Bertz CT molecular complexity index is 827. The maximum atomic E-state index is 13.0. The average molecular weight is 378 g/mol. The monoisotopic (exact) mass is 378 g/mol. The van der Waals surface area contributed by atoms with Crippen molar-refractivity contribution < 1.29 is 14.3 Å². The van der Waals surface area contributed by atoms with E-state index in [1.165, 1.54) is 10.5 Å². The summed E-state index contributed by atoms with van der Waals surface area (Å²) < 4.78 is 5.16. The molecule has 5 heteroatoms. The predicted octanol–water partition coefficient (Wildman–Crippen LogP) is 3.28. The lowest BCUT2D eigenvalue weighted by atomic mass is 9.89. The molecule has 28 heavy (non-hydrogen) atoms. The molecule has 2 fully saturated rings. The largest absolute Gasteiger partial charge is 0.497 e. The fourth-order valence-corrected chi connectivity index (χ4v) is 4.32. The summed E-state index contributed by atoms with van der Waals surface area (Å²) in [5.41, 5.74) is 2.00. The van der Waals surface area contributed by atoms with Crippen LogP contribution in [0.5, 0.6) is 5.75 Å². The summed E-state index contributed by atoms with van der Waals surface area (Å²) in [6, 6.07) is 17.3. The predicted molar refractivity (Wildman–Crippen MR) is 108 cm³/mol. The molecule has 2 aromatic carbocycles. The van der Waals surface area contributed by atoms with Crippen LogP contribution in [0.15, 0.2) is 54.6 Å². The van der Waals surface area contributed by atoms with Crippen molar-refractivity contribution in [3.05, 3.63) is 60.2 Å². The number of hydrogen-bond acceptors (Lipinski definition) is 4. The van der Waals surface area contributed by atoms with Gasteiger partial charge >= 0.3 is 0 Å². The third kappa shape index (κ3) is 3.80. The van der Waals surface area contributed by atoms with E-state index in [1.54, 1.807) is 31.4 Å². The van der Waals surface area contributed by atoms with Crippen molar-refractivity contribution in [1.82, 2.24) is 4.90 Å². The van der Waals surface area contributed by atoms with Gasteiger partial charge in [-0.25, -0.2) is 4.90 Å². The van der Waals surface area contributed by atoms with E-state index in [0.717, 1.165) is 32.4 Å². The van der Waals surface area contributed by atoms with Gasteiger partial charge in [0.05, 0.1) is 25.3 Å². The van der Waals surface area contributed by atoms with E-state index in [-0.39, 0.29) is 24.3 Å². The fraction of sp³-hybridized carbons (Fsp3) is 0.391. The Labute approximate surface area is 165 Å². The number of imide groups is 1. The highest BCUT2D eigenvalue weighted by molar-refractivity contribution is 6.22. The number of likely N-dealkylation sites (tertiary alicyclic amines) is 1. The number of methoxy groups -OCH3 is 1. The molecule has 0 radical (unpaired) electrons. The second kappa shape index (κ2) is 8.15. The Hall–Kier alpha value is -2.66. The molecule has 0 spiro atoms. The first kappa shape index (κ1) is 18.7. The van der Waals surface area contributed by atoms with E-state index >= 15 is 0 Å². The van der Waals surface area contributed by atoms with Crippen LogP contribution < -0.4 is 9.64 Å². The minimum Gasteiger partial charge on any atom is -0.497 e. The lowest BCUT2D eigenvalue weighted by molar-refractivity contribution is -0.123. The highest BCUT2D eigenvalue weighted by Gasteiger charge is 2.43. The van der Waals surface area contributed by atoms with E-state index in [0.29, 0.717) is 17.4 Å². The van der Waals surface area contributed by atoms with Crippen LogP contribution in [0.25, 0.3) is 0 Å². The summed E-state index contributed by atoms with van der Waals surface area (Å²) in [5.74, 6) is 1.13. The third-order valence-electron chi connectivity index (χ3n) is 5.91. The molecule has 4 rings (SSSR count). The second-order valence-corrected chi connectivity index (χ2v) is 7.65. The van der Waals surface area contributed by atoms with Gasteiger partial charge in [0.2, 0.25) is 5.91 Å². The standard InChI is InChI=1S/C23H26N2O3/c1-28-20-9-7-19(8-10-20)25-22(26)16-21(23(25)27)24-13-11-18(12-14-24)15-17-5-3-2-4-6-17/h2-10,18,21H,11-16H2,1H3. The minimum absolute atomic E-state index is 0.100. The summed E-state index contributed by atoms with van der Waals surface area (Å²) in [4.78, 5) is 29.1. The highest BCUT2D eigenvalue weighted by atomic mass is 16.5. The molecule has 146 valence electrons. The summed E-state index contributed by atoms with van der Waals surface area (Å²) in [7, 11) is 1.60.